The van der Waals surface area contributed by atoms with Crippen molar-refractivity contribution in [3.8, 4) is 5.75 Å². The summed E-state index contributed by atoms with van der Waals surface area (Å²) in [5, 5.41) is 8.16. The van der Waals surface area contributed by atoms with Crippen LogP contribution >= 0.6 is 20.0 Å². The quantitative estimate of drug-likeness (QED) is 0.655. The highest BCUT2D eigenvalue weighted by molar-refractivity contribution is 8.40. The molecule has 0 radical (unpaired) electrons. The minimum atomic E-state index is 0.161. The molecule has 0 aliphatic heterocycles. The van der Waals surface area contributed by atoms with E-state index in [1.807, 2.05) is 43.8 Å². The van der Waals surface area contributed by atoms with Crippen molar-refractivity contribution in [1.29, 1.82) is 0 Å². The zero-order chi connectivity index (χ0) is 15.2. The minimum Gasteiger partial charge on any atom is -0.490 e. The van der Waals surface area contributed by atoms with Gasteiger partial charge in [0, 0.05) is 5.56 Å². The molecule has 0 fully saturated rings. The van der Waals surface area contributed by atoms with Gasteiger partial charge in [0.25, 0.3) is 0 Å². The van der Waals surface area contributed by atoms with Crippen LogP contribution in [0.2, 0.25) is 0 Å². The second kappa shape index (κ2) is 7.62. The van der Waals surface area contributed by atoms with Gasteiger partial charge in [-0.05, 0) is 46.2 Å². The monoisotopic (exact) mass is 321 g/mol. The van der Waals surface area contributed by atoms with E-state index in [4.69, 9.17) is 4.74 Å². The number of rotatable bonds is 6. The van der Waals surface area contributed by atoms with Crippen LogP contribution in [0.5, 0.6) is 5.75 Å². The van der Waals surface area contributed by atoms with E-state index in [0.29, 0.717) is 14.3 Å². The highest BCUT2D eigenvalue weighted by Gasteiger charge is 2.06. The van der Waals surface area contributed by atoms with Crippen LogP contribution in [0, 0.1) is 0 Å². The number of aromatic nitrogens is 3. The van der Waals surface area contributed by atoms with Crippen LogP contribution in [0.25, 0.3) is 6.08 Å². The highest BCUT2D eigenvalue weighted by Crippen LogP contribution is 2.23. The van der Waals surface area contributed by atoms with Crippen molar-refractivity contribution >= 4 is 31.5 Å². The van der Waals surface area contributed by atoms with Crippen molar-refractivity contribution in [2.24, 2.45) is 0 Å². The number of nitrogens with zero attached hydrogens (tertiary/aromatic N) is 3. The van der Waals surface area contributed by atoms with Crippen molar-refractivity contribution in [3.05, 3.63) is 41.6 Å². The van der Waals surface area contributed by atoms with Gasteiger partial charge < -0.3 is 4.74 Å². The van der Waals surface area contributed by atoms with E-state index in [0.717, 1.165) is 22.3 Å². The molecule has 0 aliphatic carbocycles. The SMILES string of the molecule is C/C=C/c1cc(Cn2cc(PS)nn2)ccc1OC(C)C. The molecule has 0 amide bonds. The standard InChI is InChI=1S/C15H20N3OPS/c1-4-5-13-8-12(6-7-14(13)19-11(2)3)9-18-10-15(20-21)16-17-18/h4-8,10-11,20-21H,9H2,1-3H3/b5-4+. The normalized spacial score (nSPS) is 12.0. The van der Waals surface area contributed by atoms with Crippen molar-refractivity contribution in [2.45, 2.75) is 33.4 Å². The Labute approximate surface area is 132 Å². The molecule has 0 spiro atoms. The predicted octanol–water partition coefficient (Wildman–Crippen LogP) is 3.30. The van der Waals surface area contributed by atoms with Gasteiger partial charge in [-0.2, -0.15) is 0 Å². The van der Waals surface area contributed by atoms with Gasteiger partial charge in [0.15, 0.2) is 0 Å². The van der Waals surface area contributed by atoms with Crippen molar-refractivity contribution in [3.63, 3.8) is 0 Å². The molecular weight excluding hydrogens is 301 g/mol. The largest absolute Gasteiger partial charge is 0.490 e. The second-order valence-electron chi connectivity index (χ2n) is 4.95. The summed E-state index contributed by atoms with van der Waals surface area (Å²) in [6.45, 7) is 6.76. The summed E-state index contributed by atoms with van der Waals surface area (Å²) in [4.78, 5) is 0. The number of allylic oxidation sites excluding steroid dienone is 1. The molecule has 1 aromatic carbocycles. The first-order chi connectivity index (χ1) is 10.1. The van der Waals surface area contributed by atoms with E-state index >= 15 is 0 Å². The van der Waals surface area contributed by atoms with Crippen LogP contribution in [-0.4, -0.2) is 21.1 Å². The second-order valence-corrected chi connectivity index (χ2v) is 6.36. The fraction of sp³-hybridized carbons (Fsp3) is 0.333. The molecule has 1 aromatic heterocycles. The van der Waals surface area contributed by atoms with E-state index in [1.165, 1.54) is 0 Å². The number of ether oxygens (including phenoxy) is 1. The van der Waals surface area contributed by atoms with E-state index in [2.05, 4.69) is 40.8 Å². The first-order valence-corrected chi connectivity index (χ1v) is 9.13. The molecule has 0 saturated heterocycles. The van der Waals surface area contributed by atoms with Gasteiger partial charge in [-0.25, -0.2) is 4.68 Å². The van der Waals surface area contributed by atoms with E-state index in [-0.39, 0.29) is 6.10 Å². The van der Waals surface area contributed by atoms with Gasteiger partial charge in [-0.15, -0.1) is 17.3 Å². The Morgan fingerprint density at radius 3 is 2.86 bits per heavy atom. The number of hydrogen-bond donors (Lipinski definition) is 1. The fourth-order valence-corrected chi connectivity index (χ4v) is 2.58. The van der Waals surface area contributed by atoms with Gasteiger partial charge in [-0.3, -0.25) is 0 Å². The Kier molecular flexibility index (Phi) is 5.83. The molecule has 1 atom stereocenters. The number of hydrogen-bond acceptors (Lipinski definition) is 4. The Morgan fingerprint density at radius 2 is 2.24 bits per heavy atom. The lowest BCUT2D eigenvalue weighted by molar-refractivity contribution is 0.242. The summed E-state index contributed by atoms with van der Waals surface area (Å²) in [6, 6.07) is 6.21. The first kappa shape index (κ1) is 16.1. The molecule has 0 N–H and O–H groups in total. The number of thiol groups is 1. The summed E-state index contributed by atoms with van der Waals surface area (Å²) >= 11 is 4.23. The molecule has 2 rings (SSSR count). The summed E-state index contributed by atoms with van der Waals surface area (Å²) < 4.78 is 7.66. The average molecular weight is 321 g/mol. The summed E-state index contributed by atoms with van der Waals surface area (Å²) in [6.07, 6.45) is 6.17. The maximum Gasteiger partial charge on any atom is 0.126 e. The smallest absolute Gasteiger partial charge is 0.126 e. The van der Waals surface area contributed by atoms with Crippen LogP contribution in [0.4, 0.5) is 0 Å². The van der Waals surface area contributed by atoms with Crippen LogP contribution < -0.4 is 10.2 Å². The molecule has 1 unspecified atom stereocenters. The van der Waals surface area contributed by atoms with Gasteiger partial charge in [0.05, 0.1) is 18.8 Å². The lowest BCUT2D eigenvalue weighted by Gasteiger charge is -2.13. The zero-order valence-electron chi connectivity index (χ0n) is 12.4. The maximum atomic E-state index is 5.83. The third-order valence-electron chi connectivity index (χ3n) is 2.78. The maximum absolute atomic E-state index is 5.83. The lowest BCUT2D eigenvalue weighted by Crippen LogP contribution is -2.07. The topological polar surface area (TPSA) is 39.9 Å². The van der Waals surface area contributed by atoms with Crippen molar-refractivity contribution < 1.29 is 4.74 Å². The Hall–Kier alpha value is -1.32. The van der Waals surface area contributed by atoms with E-state index in [1.54, 1.807) is 0 Å². The van der Waals surface area contributed by atoms with Gasteiger partial charge >= 0.3 is 0 Å². The molecule has 6 heteroatoms. The molecule has 21 heavy (non-hydrogen) atoms. The van der Waals surface area contributed by atoms with Crippen LogP contribution in [-0.2, 0) is 6.54 Å². The van der Waals surface area contributed by atoms with Gasteiger partial charge in [0.1, 0.15) is 11.2 Å². The fourth-order valence-electron chi connectivity index (χ4n) is 1.98. The predicted molar refractivity (Wildman–Crippen MR) is 93.0 cm³/mol. The lowest BCUT2D eigenvalue weighted by atomic mass is 10.1. The Bertz CT molecular complexity index is 625. The Balaban J connectivity index is 2.22. The summed E-state index contributed by atoms with van der Waals surface area (Å²) in [5.74, 6) is 0.906. The van der Waals surface area contributed by atoms with E-state index < -0.39 is 0 Å². The molecule has 2 aromatic rings. The summed E-state index contributed by atoms with van der Waals surface area (Å²) in [5.41, 5.74) is 3.16. The van der Waals surface area contributed by atoms with Crippen molar-refractivity contribution in [1.82, 2.24) is 15.0 Å². The van der Waals surface area contributed by atoms with Crippen LogP contribution in [0.1, 0.15) is 31.9 Å². The van der Waals surface area contributed by atoms with Crippen LogP contribution in [0.15, 0.2) is 30.5 Å². The molecule has 0 aliphatic rings. The van der Waals surface area contributed by atoms with Crippen molar-refractivity contribution in [2.75, 3.05) is 0 Å². The average Bonchev–Trinajstić information content (AvgIpc) is 2.89. The molecule has 0 bridgehead atoms. The third kappa shape index (κ3) is 4.58. The molecule has 1 heterocycles. The van der Waals surface area contributed by atoms with Gasteiger partial charge in [0.2, 0.25) is 0 Å². The van der Waals surface area contributed by atoms with Gasteiger partial charge in [-0.1, -0.05) is 23.4 Å². The van der Waals surface area contributed by atoms with Crippen LogP contribution in [0.3, 0.4) is 0 Å². The molecule has 4 nitrogen and oxygen atoms in total. The zero-order valence-corrected chi connectivity index (χ0v) is 14.3. The molecule has 112 valence electrons. The number of benzene rings is 1. The Morgan fingerprint density at radius 1 is 1.43 bits per heavy atom. The molecular formula is C15H20N3OPS. The molecule has 0 saturated carbocycles. The summed E-state index contributed by atoms with van der Waals surface area (Å²) in [7, 11) is 0.373. The highest BCUT2D eigenvalue weighted by atomic mass is 32.7. The first-order valence-electron chi connectivity index (χ1n) is 6.85. The minimum absolute atomic E-state index is 0.161. The van der Waals surface area contributed by atoms with E-state index in [9.17, 15) is 0 Å². The third-order valence-corrected chi connectivity index (χ3v) is 3.93.